The Kier molecular flexibility index (Phi) is 3.71. The molecule has 0 aromatic rings. The molecule has 0 saturated heterocycles. The predicted molar refractivity (Wildman–Crippen MR) is 46.7 cm³/mol. The normalized spacial score (nSPS) is 12.4. The highest BCUT2D eigenvalue weighted by Gasteiger charge is 2.41. The van der Waals surface area contributed by atoms with E-state index in [-0.39, 0.29) is 0 Å². The third-order valence-corrected chi connectivity index (χ3v) is 3.58. The minimum atomic E-state index is -4.79. The first kappa shape index (κ1) is 12.2. The van der Waals surface area contributed by atoms with Crippen LogP contribution in [-0.2, 0) is 4.79 Å². The second kappa shape index (κ2) is 3.95. The highest BCUT2D eigenvalue weighted by atomic mass is 28.3. The number of hydrogen-bond donors (Lipinski definition) is 1. The SMILES string of the molecule is C=CC[Si](C)(C)NC(=O)C(F)(F)F. The van der Waals surface area contributed by atoms with Crippen molar-refractivity contribution in [1.29, 1.82) is 0 Å². The molecule has 2 nitrogen and oxygen atoms in total. The van der Waals surface area contributed by atoms with E-state index in [1.165, 1.54) is 6.08 Å². The predicted octanol–water partition coefficient (Wildman–Crippen LogP) is 2.06. The van der Waals surface area contributed by atoms with Crippen molar-refractivity contribution < 1.29 is 18.0 Å². The average Bonchev–Trinajstić information content (AvgIpc) is 1.83. The van der Waals surface area contributed by atoms with Gasteiger partial charge >= 0.3 is 12.1 Å². The van der Waals surface area contributed by atoms with Gasteiger partial charge in [-0.2, -0.15) is 13.2 Å². The number of carbonyl (C=O) groups is 1. The molecule has 0 aliphatic heterocycles. The number of allylic oxidation sites excluding steroid dienone is 1. The number of amides is 1. The molecular weight excluding hydrogens is 199 g/mol. The summed E-state index contributed by atoms with van der Waals surface area (Å²) < 4.78 is 35.4. The Morgan fingerprint density at radius 1 is 1.54 bits per heavy atom. The fourth-order valence-electron chi connectivity index (χ4n) is 0.790. The van der Waals surface area contributed by atoms with Gasteiger partial charge in [-0.25, -0.2) is 0 Å². The van der Waals surface area contributed by atoms with Crippen molar-refractivity contribution in [2.24, 2.45) is 0 Å². The van der Waals surface area contributed by atoms with Gasteiger partial charge in [0.25, 0.3) is 0 Å². The minimum Gasteiger partial charge on any atom is -0.374 e. The summed E-state index contributed by atoms with van der Waals surface area (Å²) in [6.07, 6.45) is -3.27. The molecule has 0 aliphatic carbocycles. The molecule has 0 atom stereocenters. The number of nitrogens with one attached hydrogen (secondary N) is 1. The summed E-state index contributed by atoms with van der Waals surface area (Å²) in [6, 6.07) is 0.425. The van der Waals surface area contributed by atoms with E-state index in [4.69, 9.17) is 0 Å². The van der Waals surface area contributed by atoms with Crippen LogP contribution in [-0.4, -0.2) is 20.3 Å². The second-order valence-corrected chi connectivity index (χ2v) is 7.75. The molecule has 1 amide bonds. The first-order valence-corrected chi connectivity index (χ1v) is 6.90. The number of hydrogen-bond acceptors (Lipinski definition) is 1. The number of rotatable bonds is 3. The van der Waals surface area contributed by atoms with Gasteiger partial charge in [-0.3, -0.25) is 4.79 Å². The average molecular weight is 211 g/mol. The van der Waals surface area contributed by atoms with E-state index >= 15 is 0 Å². The Hall–Kier alpha value is -0.783. The molecule has 0 spiro atoms. The van der Waals surface area contributed by atoms with Crippen LogP contribution in [0.2, 0.25) is 19.1 Å². The zero-order chi connectivity index (χ0) is 10.7. The Morgan fingerprint density at radius 2 is 2.00 bits per heavy atom. The van der Waals surface area contributed by atoms with Gasteiger partial charge in [-0.15, -0.1) is 6.58 Å². The van der Waals surface area contributed by atoms with Crippen molar-refractivity contribution in [1.82, 2.24) is 4.98 Å². The first-order chi connectivity index (χ1) is 5.69. The maximum Gasteiger partial charge on any atom is 0.470 e. The first-order valence-electron chi connectivity index (χ1n) is 3.69. The number of carbonyl (C=O) groups excluding carboxylic acids is 1. The Bertz CT molecular complexity index is 212. The highest BCUT2D eigenvalue weighted by Crippen LogP contribution is 2.16. The summed E-state index contributed by atoms with van der Waals surface area (Å²) in [4.78, 5) is 12.5. The molecule has 0 bridgehead atoms. The van der Waals surface area contributed by atoms with Gasteiger partial charge in [0.15, 0.2) is 8.24 Å². The topological polar surface area (TPSA) is 29.1 Å². The van der Waals surface area contributed by atoms with Crippen molar-refractivity contribution in [2.45, 2.75) is 25.3 Å². The summed E-state index contributed by atoms with van der Waals surface area (Å²) in [7, 11) is -2.31. The molecule has 0 unspecified atom stereocenters. The Labute approximate surface area is 75.9 Å². The summed E-state index contributed by atoms with van der Waals surface area (Å²) in [5, 5.41) is 0. The smallest absolute Gasteiger partial charge is 0.374 e. The molecule has 1 N–H and O–H groups in total. The van der Waals surface area contributed by atoms with Crippen molar-refractivity contribution in [3.63, 3.8) is 0 Å². The molecule has 0 saturated carbocycles. The molecule has 0 rings (SSSR count). The standard InChI is InChI=1S/C7H12F3NOSi/c1-4-5-13(2,3)11-6(12)7(8,9)10/h4H,1,5H2,2-3H3,(H,11,12). The lowest BCUT2D eigenvalue weighted by atomic mass is 10.6. The van der Waals surface area contributed by atoms with E-state index in [0.29, 0.717) is 6.04 Å². The molecule has 0 aliphatic rings. The van der Waals surface area contributed by atoms with Crippen LogP contribution in [0.1, 0.15) is 0 Å². The number of halogens is 3. The van der Waals surface area contributed by atoms with Crippen LogP contribution in [0, 0.1) is 0 Å². The molecular formula is C7H12F3NOSi. The van der Waals surface area contributed by atoms with Crippen molar-refractivity contribution in [2.75, 3.05) is 0 Å². The van der Waals surface area contributed by atoms with Crippen LogP contribution in [0.5, 0.6) is 0 Å². The van der Waals surface area contributed by atoms with Crippen LogP contribution in [0.25, 0.3) is 0 Å². The largest absolute Gasteiger partial charge is 0.470 e. The molecule has 0 heterocycles. The van der Waals surface area contributed by atoms with Gasteiger partial charge in [0.1, 0.15) is 0 Å². The molecule has 6 heteroatoms. The van der Waals surface area contributed by atoms with E-state index in [1.807, 2.05) is 4.98 Å². The van der Waals surface area contributed by atoms with Gasteiger partial charge in [0.05, 0.1) is 0 Å². The second-order valence-electron chi connectivity index (χ2n) is 3.33. The molecule has 0 fully saturated rings. The van der Waals surface area contributed by atoms with E-state index in [2.05, 4.69) is 6.58 Å². The van der Waals surface area contributed by atoms with Crippen LogP contribution in [0.15, 0.2) is 12.7 Å². The monoisotopic (exact) mass is 211 g/mol. The minimum absolute atomic E-state index is 0.425. The molecule has 76 valence electrons. The number of alkyl halides is 3. The molecule has 0 radical (unpaired) electrons. The molecule has 0 aromatic heterocycles. The van der Waals surface area contributed by atoms with Crippen molar-refractivity contribution in [3.05, 3.63) is 12.7 Å². The summed E-state index contributed by atoms with van der Waals surface area (Å²) in [5.74, 6) is -1.86. The van der Waals surface area contributed by atoms with Crippen LogP contribution < -0.4 is 4.98 Å². The van der Waals surface area contributed by atoms with Crippen LogP contribution in [0.4, 0.5) is 13.2 Å². The van der Waals surface area contributed by atoms with Crippen LogP contribution in [0.3, 0.4) is 0 Å². The summed E-state index contributed by atoms with van der Waals surface area (Å²) in [5.41, 5.74) is 0. The zero-order valence-corrected chi connectivity index (χ0v) is 8.53. The van der Waals surface area contributed by atoms with E-state index in [1.54, 1.807) is 13.1 Å². The van der Waals surface area contributed by atoms with Crippen molar-refractivity contribution in [3.8, 4) is 0 Å². The third kappa shape index (κ3) is 4.71. The quantitative estimate of drug-likeness (QED) is 0.562. The lowest BCUT2D eigenvalue weighted by molar-refractivity contribution is -0.171. The summed E-state index contributed by atoms with van der Waals surface area (Å²) >= 11 is 0. The van der Waals surface area contributed by atoms with E-state index < -0.39 is 20.3 Å². The molecule has 0 aromatic carbocycles. The lowest BCUT2D eigenvalue weighted by Crippen LogP contribution is -2.52. The van der Waals surface area contributed by atoms with Crippen LogP contribution >= 0.6 is 0 Å². The lowest BCUT2D eigenvalue weighted by Gasteiger charge is -2.22. The Morgan fingerprint density at radius 3 is 2.31 bits per heavy atom. The van der Waals surface area contributed by atoms with Gasteiger partial charge in [-0.05, 0) is 6.04 Å². The van der Waals surface area contributed by atoms with Gasteiger partial charge in [-0.1, -0.05) is 19.2 Å². The van der Waals surface area contributed by atoms with Gasteiger partial charge in [0, 0.05) is 0 Å². The van der Waals surface area contributed by atoms with E-state index in [9.17, 15) is 18.0 Å². The fraction of sp³-hybridized carbons (Fsp3) is 0.571. The third-order valence-electron chi connectivity index (χ3n) is 1.36. The van der Waals surface area contributed by atoms with Gasteiger partial charge < -0.3 is 4.98 Å². The molecule has 13 heavy (non-hydrogen) atoms. The zero-order valence-electron chi connectivity index (χ0n) is 7.53. The van der Waals surface area contributed by atoms with Gasteiger partial charge in [0.2, 0.25) is 0 Å². The summed E-state index contributed by atoms with van der Waals surface area (Å²) in [6.45, 7) is 6.69. The Balaban J connectivity index is 4.28. The van der Waals surface area contributed by atoms with Crippen molar-refractivity contribution >= 4 is 14.1 Å². The van der Waals surface area contributed by atoms with E-state index in [0.717, 1.165) is 0 Å². The fourth-order valence-corrected chi connectivity index (χ4v) is 2.37. The highest BCUT2D eigenvalue weighted by molar-refractivity contribution is 6.77. The maximum absolute atomic E-state index is 11.8. The maximum atomic E-state index is 11.8.